The van der Waals surface area contributed by atoms with Gasteiger partial charge < -0.3 is 40.5 Å². The zero-order valence-electron chi connectivity index (χ0n) is 21.3. The molecule has 8 heteroatoms. The first kappa shape index (κ1) is 27.5. The first-order valence-corrected chi connectivity index (χ1v) is 13.5. The SMILES string of the molecule is CC(O)[C@H]1CC[C@H]2[C@@H]3CC=C4CC(O)CC[C@]4(C)[C@H]3CC[C@]12C.[O-]C1O[C@H](CO)[C@@H](O)[C@H](O)[C@H]1O. The zero-order chi connectivity index (χ0) is 25.7. The Hall–Kier alpha value is -0.580. The molecule has 0 radical (unpaired) electrons. The lowest BCUT2D eigenvalue weighted by molar-refractivity contribution is -0.532. The number of hydrogen-bond donors (Lipinski definition) is 6. The Balaban J connectivity index is 0.000000204. The van der Waals surface area contributed by atoms with Crippen LogP contribution in [0.4, 0.5) is 0 Å². The molecular formula is C27H45O8-. The van der Waals surface area contributed by atoms with Crippen molar-refractivity contribution >= 4 is 0 Å². The smallest absolute Gasteiger partial charge is 0.111 e. The number of aliphatic hydroxyl groups is 6. The van der Waals surface area contributed by atoms with Crippen LogP contribution in [0.15, 0.2) is 11.6 Å². The molecule has 202 valence electrons. The molecule has 6 N–H and O–H groups in total. The fraction of sp³-hybridized carbons (Fsp3) is 0.926. The molecule has 5 aliphatic rings. The second kappa shape index (κ2) is 10.3. The minimum absolute atomic E-state index is 0.106. The van der Waals surface area contributed by atoms with Crippen LogP contribution >= 0.6 is 0 Å². The topological polar surface area (TPSA) is 154 Å². The Morgan fingerprint density at radius 3 is 2.37 bits per heavy atom. The quantitative estimate of drug-likeness (QED) is 0.301. The summed E-state index contributed by atoms with van der Waals surface area (Å²) in [7, 11) is 0. The summed E-state index contributed by atoms with van der Waals surface area (Å²) in [6.07, 6.45) is 4.11. The second-order valence-corrected chi connectivity index (χ2v) is 12.3. The van der Waals surface area contributed by atoms with Gasteiger partial charge in [-0.25, -0.2) is 0 Å². The van der Waals surface area contributed by atoms with E-state index >= 15 is 0 Å². The third kappa shape index (κ3) is 4.74. The Morgan fingerprint density at radius 1 is 1.00 bits per heavy atom. The molecule has 1 heterocycles. The fourth-order valence-corrected chi connectivity index (χ4v) is 8.54. The van der Waals surface area contributed by atoms with Crippen LogP contribution in [0.1, 0.15) is 72.1 Å². The lowest BCUT2D eigenvalue weighted by Gasteiger charge is -2.58. The van der Waals surface area contributed by atoms with Crippen molar-refractivity contribution in [3.63, 3.8) is 0 Å². The van der Waals surface area contributed by atoms with Gasteiger partial charge in [-0.3, -0.25) is 0 Å². The van der Waals surface area contributed by atoms with Gasteiger partial charge in [-0.2, -0.15) is 0 Å². The maximum atomic E-state index is 10.7. The summed E-state index contributed by atoms with van der Waals surface area (Å²) in [6, 6.07) is 0. The molecule has 4 fully saturated rings. The van der Waals surface area contributed by atoms with Crippen LogP contribution in [0.5, 0.6) is 0 Å². The maximum absolute atomic E-state index is 10.7. The molecule has 1 saturated heterocycles. The third-order valence-corrected chi connectivity index (χ3v) is 10.6. The summed E-state index contributed by atoms with van der Waals surface area (Å²) in [5.41, 5.74) is 2.25. The van der Waals surface area contributed by atoms with Crippen molar-refractivity contribution in [2.24, 2.45) is 34.5 Å². The molecular weight excluding hydrogens is 452 g/mol. The van der Waals surface area contributed by atoms with E-state index in [1.807, 2.05) is 6.92 Å². The summed E-state index contributed by atoms with van der Waals surface area (Å²) in [5.74, 6) is 2.91. The van der Waals surface area contributed by atoms with Gasteiger partial charge in [0.15, 0.2) is 0 Å². The molecule has 3 unspecified atom stereocenters. The number of allylic oxidation sites excluding steroid dienone is 1. The van der Waals surface area contributed by atoms with Crippen molar-refractivity contribution in [3.05, 3.63) is 11.6 Å². The highest BCUT2D eigenvalue weighted by Crippen LogP contribution is 2.66. The third-order valence-electron chi connectivity index (χ3n) is 10.6. The van der Waals surface area contributed by atoms with Crippen LogP contribution in [0.2, 0.25) is 0 Å². The van der Waals surface area contributed by atoms with Crippen molar-refractivity contribution in [3.8, 4) is 0 Å². The van der Waals surface area contributed by atoms with E-state index in [-0.39, 0.29) is 12.2 Å². The molecule has 3 saturated carbocycles. The molecule has 8 nitrogen and oxygen atoms in total. The van der Waals surface area contributed by atoms with E-state index in [1.54, 1.807) is 5.57 Å². The molecule has 13 atom stereocenters. The van der Waals surface area contributed by atoms with Crippen LogP contribution < -0.4 is 5.11 Å². The van der Waals surface area contributed by atoms with Gasteiger partial charge in [0.1, 0.15) is 18.3 Å². The highest BCUT2D eigenvalue weighted by molar-refractivity contribution is 5.25. The standard InChI is InChI=1S/C21H34O2.C6H11O6/c1-13(22)17-6-7-18-16-5-4-14-12-15(23)8-10-20(14,2)19(16)9-11-21(17,18)3;7-1-2-3(8)4(9)5(10)6(11)12-2/h4,13,15-19,22-23H,5-12H2,1-3H3;2-10H,1H2/q;-1/t13?,15?,16-,17+,18-,19-,20-,21+;2-,3-,4+,5-,6?/m01/s1. The van der Waals surface area contributed by atoms with E-state index in [2.05, 4.69) is 24.7 Å². The lowest BCUT2D eigenvalue weighted by Crippen LogP contribution is -2.62. The first-order chi connectivity index (χ1) is 16.4. The predicted octanol–water partition coefficient (Wildman–Crippen LogP) is 0.454. The normalized spacial score (nSPS) is 52.2. The summed E-state index contributed by atoms with van der Waals surface area (Å²) in [5, 5.41) is 66.7. The average Bonchev–Trinajstić information content (AvgIpc) is 3.18. The van der Waals surface area contributed by atoms with Crippen LogP contribution in [0.3, 0.4) is 0 Å². The van der Waals surface area contributed by atoms with E-state index in [4.69, 9.17) is 20.4 Å². The van der Waals surface area contributed by atoms with E-state index in [9.17, 15) is 15.3 Å². The number of rotatable bonds is 2. The van der Waals surface area contributed by atoms with Crippen molar-refractivity contribution in [1.82, 2.24) is 0 Å². The molecule has 5 rings (SSSR count). The molecule has 0 aromatic heterocycles. The van der Waals surface area contributed by atoms with Gasteiger partial charge >= 0.3 is 0 Å². The molecule has 0 spiro atoms. The summed E-state index contributed by atoms with van der Waals surface area (Å²) in [6.45, 7) is 6.41. The van der Waals surface area contributed by atoms with Gasteiger partial charge in [0.05, 0.1) is 24.9 Å². The molecule has 0 amide bonds. The van der Waals surface area contributed by atoms with Crippen molar-refractivity contribution in [1.29, 1.82) is 0 Å². The Bertz CT molecular complexity index is 768. The maximum Gasteiger partial charge on any atom is 0.111 e. The number of aliphatic hydroxyl groups excluding tert-OH is 6. The van der Waals surface area contributed by atoms with Gasteiger partial charge in [0.25, 0.3) is 0 Å². The van der Waals surface area contributed by atoms with Crippen molar-refractivity contribution in [2.45, 2.75) is 115 Å². The van der Waals surface area contributed by atoms with Crippen LogP contribution in [-0.4, -0.2) is 80.2 Å². The van der Waals surface area contributed by atoms with Gasteiger partial charge in [0.2, 0.25) is 0 Å². The molecule has 1 aliphatic heterocycles. The summed E-state index contributed by atoms with van der Waals surface area (Å²) in [4.78, 5) is 0. The lowest BCUT2D eigenvalue weighted by atomic mass is 9.47. The van der Waals surface area contributed by atoms with Gasteiger partial charge in [0, 0.05) is 6.29 Å². The summed E-state index contributed by atoms with van der Waals surface area (Å²) >= 11 is 0. The van der Waals surface area contributed by atoms with Crippen LogP contribution in [0.25, 0.3) is 0 Å². The molecule has 4 aliphatic carbocycles. The van der Waals surface area contributed by atoms with Crippen LogP contribution in [-0.2, 0) is 4.74 Å². The molecule has 35 heavy (non-hydrogen) atoms. The van der Waals surface area contributed by atoms with E-state index in [1.165, 1.54) is 38.5 Å². The van der Waals surface area contributed by atoms with Gasteiger partial charge in [-0.15, -0.1) is 0 Å². The number of ether oxygens (including phenoxy) is 1. The Kier molecular flexibility index (Phi) is 8.07. The predicted molar refractivity (Wildman–Crippen MR) is 127 cm³/mol. The van der Waals surface area contributed by atoms with E-state index < -0.39 is 37.3 Å². The highest BCUT2D eigenvalue weighted by Gasteiger charge is 2.59. The first-order valence-electron chi connectivity index (χ1n) is 13.5. The number of hydrogen-bond acceptors (Lipinski definition) is 8. The molecule has 0 bridgehead atoms. The minimum atomic E-state index is -1.82. The van der Waals surface area contributed by atoms with Crippen molar-refractivity contribution in [2.75, 3.05) is 6.61 Å². The minimum Gasteiger partial charge on any atom is -0.829 e. The average molecular weight is 498 g/mol. The molecule has 0 aromatic rings. The Morgan fingerprint density at radius 2 is 1.71 bits per heavy atom. The zero-order valence-corrected chi connectivity index (χ0v) is 21.3. The van der Waals surface area contributed by atoms with E-state index in [0.717, 1.165) is 30.6 Å². The second-order valence-electron chi connectivity index (χ2n) is 12.3. The Labute approximate surface area is 208 Å². The highest BCUT2D eigenvalue weighted by atomic mass is 16.6. The summed E-state index contributed by atoms with van der Waals surface area (Å²) < 4.78 is 4.46. The van der Waals surface area contributed by atoms with Gasteiger partial charge in [-0.05, 0) is 92.8 Å². The number of fused-ring (bicyclic) bond motifs is 5. The largest absolute Gasteiger partial charge is 0.829 e. The van der Waals surface area contributed by atoms with Crippen LogP contribution in [0, 0.1) is 34.5 Å². The monoisotopic (exact) mass is 497 g/mol. The fourth-order valence-electron chi connectivity index (χ4n) is 8.54. The molecule has 0 aromatic carbocycles. The van der Waals surface area contributed by atoms with Gasteiger partial charge in [-0.1, -0.05) is 25.5 Å². The van der Waals surface area contributed by atoms with E-state index in [0.29, 0.717) is 16.7 Å². The van der Waals surface area contributed by atoms with Crippen molar-refractivity contribution < 1.29 is 40.5 Å².